The van der Waals surface area contributed by atoms with E-state index in [0.717, 1.165) is 6.42 Å². The van der Waals surface area contributed by atoms with Crippen molar-refractivity contribution < 1.29 is 14.3 Å². The van der Waals surface area contributed by atoms with E-state index >= 15 is 0 Å². The van der Waals surface area contributed by atoms with Crippen molar-refractivity contribution in [3.8, 4) is 0 Å². The van der Waals surface area contributed by atoms with Gasteiger partial charge in [0, 0.05) is 25.7 Å². The lowest BCUT2D eigenvalue weighted by Gasteiger charge is -2.12. The van der Waals surface area contributed by atoms with Crippen LogP contribution in [0.1, 0.15) is 19.8 Å². The summed E-state index contributed by atoms with van der Waals surface area (Å²) in [5.74, 6) is -0.281. The summed E-state index contributed by atoms with van der Waals surface area (Å²) in [5.41, 5.74) is 0.471. The van der Waals surface area contributed by atoms with E-state index in [9.17, 15) is 9.59 Å². The SMILES string of the molecule is CC(=CN1CCCC1=O)C(=O)OCCN(C)C. The Bertz CT molecular complexity index is 324. The molecule has 0 aromatic rings. The highest BCUT2D eigenvalue weighted by atomic mass is 16.5. The van der Waals surface area contributed by atoms with Crippen molar-refractivity contribution in [3.05, 3.63) is 11.8 Å². The van der Waals surface area contributed by atoms with Crippen LogP contribution in [0.4, 0.5) is 0 Å². The summed E-state index contributed by atoms with van der Waals surface area (Å²) in [5, 5.41) is 0. The van der Waals surface area contributed by atoms with Gasteiger partial charge in [-0.25, -0.2) is 4.79 Å². The first kappa shape index (κ1) is 13.7. The number of hydrogen-bond donors (Lipinski definition) is 0. The zero-order valence-electron chi connectivity index (χ0n) is 10.7. The summed E-state index contributed by atoms with van der Waals surface area (Å²) >= 11 is 0. The van der Waals surface area contributed by atoms with Crippen LogP contribution >= 0.6 is 0 Å². The molecule has 1 amide bonds. The molecule has 1 aliphatic rings. The van der Waals surface area contributed by atoms with E-state index in [0.29, 0.717) is 31.7 Å². The van der Waals surface area contributed by atoms with Crippen LogP contribution in [0, 0.1) is 0 Å². The molecule has 1 rings (SSSR count). The van der Waals surface area contributed by atoms with E-state index in [4.69, 9.17) is 4.74 Å². The van der Waals surface area contributed by atoms with Gasteiger partial charge in [-0.1, -0.05) is 0 Å². The van der Waals surface area contributed by atoms with E-state index in [-0.39, 0.29) is 11.9 Å². The lowest BCUT2D eigenvalue weighted by Crippen LogP contribution is -2.22. The molecule has 0 spiro atoms. The number of carbonyl (C=O) groups excluding carboxylic acids is 2. The number of likely N-dealkylation sites (N-methyl/N-ethyl adjacent to an activating group) is 1. The monoisotopic (exact) mass is 240 g/mol. The maximum Gasteiger partial charge on any atom is 0.335 e. The Morgan fingerprint density at radius 2 is 2.24 bits per heavy atom. The molecule has 1 heterocycles. The van der Waals surface area contributed by atoms with E-state index in [1.807, 2.05) is 19.0 Å². The predicted octanol–water partition coefficient (Wildman–Crippen LogP) is 0.617. The molecule has 5 heteroatoms. The van der Waals surface area contributed by atoms with Crippen molar-refractivity contribution in [2.24, 2.45) is 0 Å². The third-order valence-corrected chi connectivity index (χ3v) is 2.55. The summed E-state index contributed by atoms with van der Waals surface area (Å²) in [4.78, 5) is 26.5. The van der Waals surface area contributed by atoms with Crippen molar-refractivity contribution in [2.75, 3.05) is 33.8 Å². The van der Waals surface area contributed by atoms with Gasteiger partial charge in [0.15, 0.2) is 0 Å². The summed E-state index contributed by atoms with van der Waals surface area (Å²) in [6.45, 7) is 3.43. The molecule has 0 unspecified atom stereocenters. The summed E-state index contributed by atoms with van der Waals surface area (Å²) < 4.78 is 5.07. The second-order valence-electron chi connectivity index (χ2n) is 4.44. The number of esters is 1. The van der Waals surface area contributed by atoms with E-state index in [2.05, 4.69) is 0 Å². The highest BCUT2D eigenvalue weighted by molar-refractivity contribution is 5.89. The average Bonchev–Trinajstić information content (AvgIpc) is 2.63. The van der Waals surface area contributed by atoms with Crippen molar-refractivity contribution in [1.82, 2.24) is 9.80 Å². The fraction of sp³-hybridized carbons (Fsp3) is 0.667. The highest BCUT2D eigenvalue weighted by Gasteiger charge is 2.19. The molecule has 1 saturated heterocycles. The first-order valence-electron chi connectivity index (χ1n) is 5.80. The van der Waals surface area contributed by atoms with E-state index < -0.39 is 0 Å². The maximum atomic E-state index is 11.6. The molecule has 0 radical (unpaired) electrons. The summed E-state index contributed by atoms with van der Waals surface area (Å²) in [6.07, 6.45) is 3.02. The highest BCUT2D eigenvalue weighted by Crippen LogP contribution is 2.12. The largest absolute Gasteiger partial charge is 0.461 e. The Hall–Kier alpha value is -1.36. The van der Waals surface area contributed by atoms with Gasteiger partial charge in [-0.05, 0) is 27.4 Å². The van der Waals surface area contributed by atoms with Crippen LogP contribution in [0.25, 0.3) is 0 Å². The van der Waals surface area contributed by atoms with Gasteiger partial charge in [-0.2, -0.15) is 0 Å². The summed E-state index contributed by atoms with van der Waals surface area (Å²) in [7, 11) is 3.83. The fourth-order valence-electron chi connectivity index (χ4n) is 1.53. The molecule has 5 nitrogen and oxygen atoms in total. The minimum Gasteiger partial charge on any atom is -0.461 e. The van der Waals surface area contributed by atoms with Crippen LogP contribution in [0.5, 0.6) is 0 Å². The Morgan fingerprint density at radius 1 is 1.53 bits per heavy atom. The average molecular weight is 240 g/mol. The fourth-order valence-corrected chi connectivity index (χ4v) is 1.53. The molecule has 0 atom stereocenters. The number of nitrogens with zero attached hydrogens (tertiary/aromatic N) is 2. The molecule has 0 N–H and O–H groups in total. The van der Waals surface area contributed by atoms with Crippen molar-refractivity contribution in [3.63, 3.8) is 0 Å². The van der Waals surface area contributed by atoms with Gasteiger partial charge < -0.3 is 14.5 Å². The van der Waals surface area contributed by atoms with Crippen LogP contribution in [-0.4, -0.2) is 55.5 Å². The molecule has 96 valence electrons. The number of likely N-dealkylation sites (tertiary alicyclic amines) is 1. The Kier molecular flexibility index (Phi) is 5.15. The van der Waals surface area contributed by atoms with Gasteiger partial charge in [-0.3, -0.25) is 4.79 Å². The van der Waals surface area contributed by atoms with E-state index in [1.165, 1.54) is 0 Å². The van der Waals surface area contributed by atoms with Gasteiger partial charge in [-0.15, -0.1) is 0 Å². The van der Waals surface area contributed by atoms with Gasteiger partial charge in [0.2, 0.25) is 5.91 Å². The number of amides is 1. The van der Waals surface area contributed by atoms with Crippen molar-refractivity contribution in [1.29, 1.82) is 0 Å². The van der Waals surface area contributed by atoms with Crippen LogP contribution in [0.3, 0.4) is 0 Å². The molecule has 0 bridgehead atoms. The van der Waals surface area contributed by atoms with Crippen LogP contribution in [-0.2, 0) is 14.3 Å². The first-order chi connectivity index (χ1) is 8.00. The molecule has 17 heavy (non-hydrogen) atoms. The third kappa shape index (κ3) is 4.56. The molecular formula is C12H20N2O3. The first-order valence-corrected chi connectivity index (χ1v) is 5.80. The number of rotatable bonds is 5. The molecule has 0 aliphatic carbocycles. The van der Waals surface area contributed by atoms with E-state index in [1.54, 1.807) is 18.0 Å². The molecular weight excluding hydrogens is 220 g/mol. The standard InChI is InChI=1S/C12H20N2O3/c1-10(9-14-6-4-5-11(14)15)12(16)17-8-7-13(2)3/h9H,4-8H2,1-3H3. The zero-order chi connectivity index (χ0) is 12.8. The normalized spacial score (nSPS) is 16.8. The van der Waals surface area contributed by atoms with Crippen LogP contribution in [0.2, 0.25) is 0 Å². The lowest BCUT2D eigenvalue weighted by atomic mass is 10.3. The van der Waals surface area contributed by atoms with Gasteiger partial charge in [0.25, 0.3) is 0 Å². The summed E-state index contributed by atoms with van der Waals surface area (Å²) in [6, 6.07) is 0. The second-order valence-corrected chi connectivity index (χ2v) is 4.44. The minimum absolute atomic E-state index is 0.0745. The second kappa shape index (κ2) is 6.39. The quantitative estimate of drug-likeness (QED) is 0.522. The number of hydrogen-bond acceptors (Lipinski definition) is 4. The zero-order valence-corrected chi connectivity index (χ0v) is 10.7. The minimum atomic E-state index is -0.355. The van der Waals surface area contributed by atoms with Crippen molar-refractivity contribution >= 4 is 11.9 Å². The van der Waals surface area contributed by atoms with Crippen LogP contribution in [0.15, 0.2) is 11.8 Å². The van der Waals surface area contributed by atoms with Gasteiger partial charge in [0.05, 0.1) is 5.57 Å². The molecule has 0 saturated carbocycles. The van der Waals surface area contributed by atoms with Gasteiger partial charge in [0.1, 0.15) is 6.61 Å². The predicted molar refractivity (Wildman–Crippen MR) is 64.2 cm³/mol. The Morgan fingerprint density at radius 3 is 2.76 bits per heavy atom. The van der Waals surface area contributed by atoms with Crippen molar-refractivity contribution in [2.45, 2.75) is 19.8 Å². The van der Waals surface area contributed by atoms with Gasteiger partial charge >= 0.3 is 5.97 Å². The molecule has 1 fully saturated rings. The topological polar surface area (TPSA) is 49.9 Å². The Balaban J connectivity index is 2.40. The Labute approximate surface area is 102 Å². The number of ether oxygens (including phenoxy) is 1. The third-order valence-electron chi connectivity index (χ3n) is 2.55. The lowest BCUT2D eigenvalue weighted by molar-refractivity contribution is -0.139. The smallest absolute Gasteiger partial charge is 0.335 e. The molecule has 1 aliphatic heterocycles. The maximum absolute atomic E-state index is 11.6. The van der Waals surface area contributed by atoms with Crippen LogP contribution < -0.4 is 0 Å². The number of carbonyl (C=O) groups is 2. The molecule has 0 aromatic carbocycles. The molecule has 0 aromatic heterocycles.